The predicted octanol–water partition coefficient (Wildman–Crippen LogP) is 4.97. The average molecular weight is 299 g/mol. The van der Waals surface area contributed by atoms with Crippen LogP contribution in [0.1, 0.15) is 0 Å². The largest absolute Gasteiger partial charge is 0.506 e. The molecule has 88 valence electrons. The maximum atomic E-state index is 10.3. The van der Waals surface area contributed by atoms with Crippen molar-refractivity contribution in [2.24, 2.45) is 0 Å². The summed E-state index contributed by atoms with van der Waals surface area (Å²) in [5, 5.41) is 12.5. The van der Waals surface area contributed by atoms with E-state index < -0.39 is 0 Å². The summed E-state index contributed by atoms with van der Waals surface area (Å²) in [6.07, 6.45) is 0. The van der Waals surface area contributed by atoms with Gasteiger partial charge in [-0.25, -0.2) is 0 Å². The Balaban J connectivity index is 2.43. The van der Waals surface area contributed by atoms with E-state index >= 15 is 0 Å². The Morgan fingerprint density at radius 2 is 1.50 bits per heavy atom. The number of aromatic hydroxyl groups is 1. The van der Waals surface area contributed by atoms with Crippen LogP contribution in [0.5, 0.6) is 5.75 Å². The Hall–Kier alpha value is -1.80. The first-order valence-electron chi connectivity index (χ1n) is 5.73. The van der Waals surface area contributed by atoms with E-state index in [1.165, 1.54) is 0 Å². The molecule has 0 amide bonds. The van der Waals surface area contributed by atoms with E-state index in [1.807, 2.05) is 60.7 Å². The van der Waals surface area contributed by atoms with E-state index in [9.17, 15) is 5.11 Å². The molecule has 1 nitrogen and oxygen atoms in total. The SMILES string of the molecule is Oc1c(Br)cc2ccccc2c1-c1ccccc1. The second-order valence-electron chi connectivity index (χ2n) is 4.17. The van der Waals surface area contributed by atoms with E-state index in [2.05, 4.69) is 15.9 Å². The molecule has 3 aromatic rings. The minimum absolute atomic E-state index is 0.292. The molecule has 1 N–H and O–H groups in total. The van der Waals surface area contributed by atoms with Crippen molar-refractivity contribution < 1.29 is 5.11 Å². The molecule has 0 heterocycles. The molecule has 3 aromatic carbocycles. The van der Waals surface area contributed by atoms with Gasteiger partial charge < -0.3 is 5.11 Å². The van der Waals surface area contributed by atoms with E-state index in [0.717, 1.165) is 26.4 Å². The van der Waals surface area contributed by atoms with Gasteiger partial charge in [0.25, 0.3) is 0 Å². The highest BCUT2D eigenvalue weighted by atomic mass is 79.9. The molecule has 3 rings (SSSR count). The highest BCUT2D eigenvalue weighted by Gasteiger charge is 2.12. The Bertz CT molecular complexity index is 705. The number of hydrogen-bond donors (Lipinski definition) is 1. The van der Waals surface area contributed by atoms with Gasteiger partial charge in [-0.15, -0.1) is 0 Å². The van der Waals surface area contributed by atoms with Crippen molar-refractivity contribution in [1.82, 2.24) is 0 Å². The smallest absolute Gasteiger partial charge is 0.138 e. The second-order valence-corrected chi connectivity index (χ2v) is 5.02. The fourth-order valence-corrected chi connectivity index (χ4v) is 2.64. The summed E-state index contributed by atoms with van der Waals surface area (Å²) in [4.78, 5) is 0. The molecule has 0 unspecified atom stereocenters. The number of phenolic OH excluding ortho intramolecular Hbond substituents is 1. The molecule has 0 atom stereocenters. The average Bonchev–Trinajstić information content (AvgIpc) is 2.41. The number of benzene rings is 3. The van der Waals surface area contributed by atoms with E-state index in [4.69, 9.17) is 0 Å². The molecule has 0 spiro atoms. The molecular formula is C16H11BrO. The quantitative estimate of drug-likeness (QED) is 0.672. The van der Waals surface area contributed by atoms with Gasteiger partial charge in [0.05, 0.1) is 4.47 Å². The van der Waals surface area contributed by atoms with Gasteiger partial charge in [0.1, 0.15) is 5.75 Å². The van der Waals surface area contributed by atoms with Gasteiger partial charge in [-0.1, -0.05) is 54.6 Å². The van der Waals surface area contributed by atoms with Crippen LogP contribution in [0.2, 0.25) is 0 Å². The van der Waals surface area contributed by atoms with Crippen LogP contribution in [0.15, 0.2) is 65.1 Å². The Kier molecular flexibility index (Phi) is 2.80. The van der Waals surface area contributed by atoms with Crippen molar-refractivity contribution in [3.63, 3.8) is 0 Å². The summed E-state index contributed by atoms with van der Waals surface area (Å²) in [6.45, 7) is 0. The highest BCUT2D eigenvalue weighted by Crippen LogP contribution is 2.41. The van der Waals surface area contributed by atoms with Gasteiger partial charge in [0.2, 0.25) is 0 Å². The zero-order valence-corrected chi connectivity index (χ0v) is 11.2. The third-order valence-electron chi connectivity index (χ3n) is 3.04. The summed E-state index contributed by atoms with van der Waals surface area (Å²) in [7, 11) is 0. The molecule has 0 aromatic heterocycles. The van der Waals surface area contributed by atoms with Crippen LogP contribution in [-0.4, -0.2) is 5.11 Å². The summed E-state index contributed by atoms with van der Waals surface area (Å²) in [5.41, 5.74) is 1.90. The first-order valence-corrected chi connectivity index (χ1v) is 6.52. The van der Waals surface area contributed by atoms with E-state index in [1.54, 1.807) is 0 Å². The molecule has 0 aliphatic rings. The highest BCUT2D eigenvalue weighted by molar-refractivity contribution is 9.10. The summed E-state index contributed by atoms with van der Waals surface area (Å²) in [5.74, 6) is 0.292. The lowest BCUT2D eigenvalue weighted by Gasteiger charge is -2.11. The maximum absolute atomic E-state index is 10.3. The standard InChI is InChI=1S/C16H11BrO/c17-14-10-12-8-4-5-9-13(12)15(16(14)18)11-6-2-1-3-7-11/h1-10,18H. The number of fused-ring (bicyclic) bond motifs is 1. The normalized spacial score (nSPS) is 10.7. The lowest BCUT2D eigenvalue weighted by molar-refractivity contribution is 0.475. The maximum Gasteiger partial charge on any atom is 0.138 e. The van der Waals surface area contributed by atoms with Crippen LogP contribution < -0.4 is 0 Å². The number of hydrogen-bond acceptors (Lipinski definition) is 1. The van der Waals surface area contributed by atoms with Crippen molar-refractivity contribution >= 4 is 26.7 Å². The fraction of sp³-hybridized carbons (Fsp3) is 0. The molecule has 0 aliphatic heterocycles. The van der Waals surface area contributed by atoms with Crippen LogP contribution in [0.3, 0.4) is 0 Å². The van der Waals surface area contributed by atoms with Crippen LogP contribution in [0, 0.1) is 0 Å². The van der Waals surface area contributed by atoms with Crippen molar-refractivity contribution in [2.75, 3.05) is 0 Å². The first-order chi connectivity index (χ1) is 8.77. The van der Waals surface area contributed by atoms with Gasteiger partial charge in [0, 0.05) is 5.56 Å². The van der Waals surface area contributed by atoms with Crippen molar-refractivity contribution in [2.45, 2.75) is 0 Å². The lowest BCUT2D eigenvalue weighted by Crippen LogP contribution is -1.84. The van der Waals surface area contributed by atoms with Crippen molar-refractivity contribution in [3.8, 4) is 16.9 Å². The monoisotopic (exact) mass is 298 g/mol. The summed E-state index contributed by atoms with van der Waals surface area (Å²) < 4.78 is 0.722. The zero-order chi connectivity index (χ0) is 12.5. The molecule has 2 heteroatoms. The molecule has 0 bridgehead atoms. The Morgan fingerprint density at radius 1 is 0.833 bits per heavy atom. The molecule has 0 aliphatic carbocycles. The van der Waals surface area contributed by atoms with Crippen LogP contribution in [0.4, 0.5) is 0 Å². The molecular weight excluding hydrogens is 288 g/mol. The number of rotatable bonds is 1. The number of phenols is 1. The van der Waals surface area contributed by atoms with Gasteiger partial charge in [-0.2, -0.15) is 0 Å². The van der Waals surface area contributed by atoms with E-state index in [0.29, 0.717) is 5.75 Å². The fourth-order valence-electron chi connectivity index (χ4n) is 2.20. The van der Waals surface area contributed by atoms with Crippen LogP contribution in [0.25, 0.3) is 21.9 Å². The van der Waals surface area contributed by atoms with Crippen molar-refractivity contribution in [3.05, 3.63) is 65.1 Å². The molecule has 0 fully saturated rings. The van der Waals surface area contributed by atoms with Gasteiger partial charge in [-0.3, -0.25) is 0 Å². The minimum Gasteiger partial charge on any atom is -0.506 e. The zero-order valence-electron chi connectivity index (χ0n) is 9.60. The summed E-state index contributed by atoms with van der Waals surface area (Å²) >= 11 is 3.41. The third-order valence-corrected chi connectivity index (χ3v) is 3.64. The molecule has 0 saturated carbocycles. The topological polar surface area (TPSA) is 20.2 Å². The number of halogens is 1. The lowest BCUT2D eigenvalue weighted by atomic mass is 9.97. The van der Waals surface area contributed by atoms with Gasteiger partial charge >= 0.3 is 0 Å². The van der Waals surface area contributed by atoms with E-state index in [-0.39, 0.29) is 0 Å². The van der Waals surface area contributed by atoms with Gasteiger partial charge in [0.15, 0.2) is 0 Å². The van der Waals surface area contributed by atoms with Crippen LogP contribution in [-0.2, 0) is 0 Å². The molecule has 18 heavy (non-hydrogen) atoms. The Morgan fingerprint density at radius 3 is 2.28 bits per heavy atom. The third kappa shape index (κ3) is 1.79. The molecule has 0 saturated heterocycles. The first kappa shape index (κ1) is 11.3. The van der Waals surface area contributed by atoms with Gasteiger partial charge in [-0.05, 0) is 38.3 Å². The molecule has 0 radical (unpaired) electrons. The van der Waals surface area contributed by atoms with Crippen LogP contribution >= 0.6 is 15.9 Å². The minimum atomic E-state index is 0.292. The summed E-state index contributed by atoms with van der Waals surface area (Å²) in [6, 6.07) is 20.0. The van der Waals surface area contributed by atoms with Crippen molar-refractivity contribution in [1.29, 1.82) is 0 Å². The predicted molar refractivity (Wildman–Crippen MR) is 78.7 cm³/mol. The Labute approximate surface area is 114 Å². The second kappa shape index (κ2) is 4.46.